The van der Waals surface area contributed by atoms with Crippen LogP contribution in [-0.4, -0.2) is 37.6 Å². The molecule has 0 saturated carbocycles. The van der Waals surface area contributed by atoms with Crippen molar-refractivity contribution in [3.8, 4) is 0 Å². The predicted molar refractivity (Wildman–Crippen MR) is 73.5 cm³/mol. The summed E-state index contributed by atoms with van der Waals surface area (Å²) in [6.45, 7) is 5.56. The Hall–Kier alpha value is -1.92. The third-order valence-corrected chi connectivity index (χ3v) is 4.12. The van der Waals surface area contributed by atoms with Crippen LogP contribution in [0, 0.1) is 17.0 Å². The minimum Gasteiger partial charge on any atom is -0.332 e. The van der Waals surface area contributed by atoms with Gasteiger partial charge in [0.2, 0.25) is 5.69 Å². The molecule has 0 spiro atoms. The van der Waals surface area contributed by atoms with Crippen molar-refractivity contribution in [1.29, 1.82) is 0 Å². The molecule has 0 bridgehead atoms. The summed E-state index contributed by atoms with van der Waals surface area (Å²) in [7, 11) is 1.61. The van der Waals surface area contributed by atoms with Gasteiger partial charge in [-0.25, -0.2) is 0 Å². The second-order valence-corrected chi connectivity index (χ2v) is 5.50. The van der Waals surface area contributed by atoms with Crippen molar-refractivity contribution in [3.05, 3.63) is 21.5 Å². The van der Waals surface area contributed by atoms with Gasteiger partial charge in [0.25, 0.3) is 5.91 Å². The standard InChI is InChI=1S/C13H20N4O3/c1-8-6-5-7-9(2)16(8)13(18)11-12(17(19)20)10(3)15(4)14-11/h8-9H,5-7H2,1-4H3/t8-,9-/m1/s1. The maximum absolute atomic E-state index is 12.7. The van der Waals surface area contributed by atoms with E-state index in [1.54, 1.807) is 18.9 Å². The lowest BCUT2D eigenvalue weighted by Crippen LogP contribution is -2.47. The highest BCUT2D eigenvalue weighted by Gasteiger charge is 2.36. The first-order valence-electron chi connectivity index (χ1n) is 6.85. The van der Waals surface area contributed by atoms with Crippen LogP contribution >= 0.6 is 0 Å². The van der Waals surface area contributed by atoms with Gasteiger partial charge in [0, 0.05) is 19.1 Å². The summed E-state index contributed by atoms with van der Waals surface area (Å²) in [6, 6.07) is 0.182. The van der Waals surface area contributed by atoms with Crippen LogP contribution in [-0.2, 0) is 7.05 Å². The van der Waals surface area contributed by atoms with Crippen LogP contribution in [0.2, 0.25) is 0 Å². The first-order valence-corrected chi connectivity index (χ1v) is 6.85. The lowest BCUT2D eigenvalue weighted by Gasteiger charge is -2.38. The van der Waals surface area contributed by atoms with Gasteiger partial charge in [-0.15, -0.1) is 0 Å². The second-order valence-electron chi connectivity index (χ2n) is 5.50. The van der Waals surface area contributed by atoms with Crippen LogP contribution in [0.25, 0.3) is 0 Å². The van der Waals surface area contributed by atoms with Crippen LogP contribution in [0.5, 0.6) is 0 Å². The van der Waals surface area contributed by atoms with Gasteiger partial charge >= 0.3 is 5.69 Å². The minimum absolute atomic E-state index is 0.0457. The molecule has 7 heteroatoms. The molecule has 2 heterocycles. The van der Waals surface area contributed by atoms with E-state index in [-0.39, 0.29) is 29.4 Å². The van der Waals surface area contributed by atoms with E-state index in [0.717, 1.165) is 19.3 Å². The fraction of sp³-hybridized carbons (Fsp3) is 0.692. The summed E-state index contributed by atoms with van der Waals surface area (Å²) in [5.41, 5.74) is 0.175. The quantitative estimate of drug-likeness (QED) is 0.613. The number of carbonyl (C=O) groups is 1. The van der Waals surface area contributed by atoms with Gasteiger partial charge in [0.05, 0.1) is 4.92 Å². The number of likely N-dealkylation sites (tertiary alicyclic amines) is 1. The van der Waals surface area contributed by atoms with Crippen molar-refractivity contribution >= 4 is 11.6 Å². The zero-order valence-corrected chi connectivity index (χ0v) is 12.3. The number of nitrogens with zero attached hydrogens (tertiary/aromatic N) is 4. The molecule has 0 unspecified atom stereocenters. The summed E-state index contributed by atoms with van der Waals surface area (Å²) in [5, 5.41) is 15.2. The molecule has 0 aromatic carbocycles. The number of hydrogen-bond acceptors (Lipinski definition) is 4. The molecule has 110 valence electrons. The zero-order valence-electron chi connectivity index (χ0n) is 12.3. The van der Waals surface area contributed by atoms with Crippen molar-refractivity contribution in [2.45, 2.75) is 52.1 Å². The Bertz CT molecular complexity index is 542. The number of rotatable bonds is 2. The molecular formula is C13H20N4O3. The van der Waals surface area contributed by atoms with E-state index in [2.05, 4.69) is 5.10 Å². The first-order chi connectivity index (χ1) is 9.34. The van der Waals surface area contributed by atoms with Crippen LogP contribution in [0.3, 0.4) is 0 Å². The Morgan fingerprint density at radius 2 is 1.90 bits per heavy atom. The number of amides is 1. The molecule has 1 saturated heterocycles. The van der Waals surface area contributed by atoms with E-state index in [1.165, 1.54) is 4.68 Å². The van der Waals surface area contributed by atoms with E-state index in [9.17, 15) is 14.9 Å². The Labute approximate surface area is 117 Å². The van der Waals surface area contributed by atoms with Crippen molar-refractivity contribution in [2.75, 3.05) is 0 Å². The Kier molecular flexibility index (Phi) is 3.78. The number of nitro groups is 1. The van der Waals surface area contributed by atoms with Crippen LogP contribution in [0.1, 0.15) is 49.3 Å². The summed E-state index contributed by atoms with van der Waals surface area (Å²) in [4.78, 5) is 25.1. The fourth-order valence-electron chi connectivity index (χ4n) is 2.90. The molecule has 0 aliphatic carbocycles. The summed E-state index contributed by atoms with van der Waals surface area (Å²) < 4.78 is 1.39. The lowest BCUT2D eigenvalue weighted by atomic mass is 9.97. The van der Waals surface area contributed by atoms with E-state index in [0.29, 0.717) is 5.69 Å². The SMILES string of the molecule is Cc1c([N+](=O)[O-])c(C(=O)N2[C@H](C)CCC[C@H]2C)nn1C. The van der Waals surface area contributed by atoms with Gasteiger partial charge in [0.1, 0.15) is 5.69 Å². The van der Waals surface area contributed by atoms with Gasteiger partial charge < -0.3 is 4.90 Å². The van der Waals surface area contributed by atoms with Crippen LogP contribution in [0.4, 0.5) is 5.69 Å². The van der Waals surface area contributed by atoms with Gasteiger partial charge in [-0.05, 0) is 40.0 Å². The topological polar surface area (TPSA) is 81.3 Å². The Morgan fingerprint density at radius 1 is 1.35 bits per heavy atom. The monoisotopic (exact) mass is 280 g/mol. The predicted octanol–water partition coefficient (Wildman–Crippen LogP) is 2.04. The molecule has 1 aliphatic heterocycles. The highest BCUT2D eigenvalue weighted by molar-refractivity contribution is 5.97. The third kappa shape index (κ3) is 2.28. The molecule has 1 aromatic rings. The van der Waals surface area contributed by atoms with Crippen LogP contribution < -0.4 is 0 Å². The Balaban J connectivity index is 2.43. The molecule has 2 rings (SSSR count). The maximum atomic E-state index is 12.7. The van der Waals surface area contributed by atoms with Gasteiger partial charge in [0.15, 0.2) is 0 Å². The van der Waals surface area contributed by atoms with E-state index in [1.807, 2.05) is 13.8 Å². The molecule has 20 heavy (non-hydrogen) atoms. The van der Waals surface area contributed by atoms with Gasteiger partial charge in [-0.1, -0.05) is 0 Å². The second kappa shape index (κ2) is 5.22. The number of aryl methyl sites for hydroxylation is 1. The zero-order chi connectivity index (χ0) is 15.0. The van der Waals surface area contributed by atoms with Crippen LogP contribution in [0.15, 0.2) is 0 Å². The Morgan fingerprint density at radius 3 is 2.40 bits per heavy atom. The van der Waals surface area contributed by atoms with E-state index in [4.69, 9.17) is 0 Å². The van der Waals surface area contributed by atoms with E-state index < -0.39 is 4.92 Å². The molecular weight excluding hydrogens is 260 g/mol. The minimum atomic E-state index is -0.519. The van der Waals surface area contributed by atoms with Crippen molar-refractivity contribution < 1.29 is 9.72 Å². The van der Waals surface area contributed by atoms with Crippen molar-refractivity contribution in [3.63, 3.8) is 0 Å². The van der Waals surface area contributed by atoms with Gasteiger partial charge in [-0.2, -0.15) is 5.10 Å². The average molecular weight is 280 g/mol. The molecule has 1 amide bonds. The molecule has 1 aromatic heterocycles. The van der Waals surface area contributed by atoms with Crippen molar-refractivity contribution in [2.24, 2.45) is 7.05 Å². The highest BCUT2D eigenvalue weighted by atomic mass is 16.6. The molecule has 1 fully saturated rings. The number of carbonyl (C=O) groups excluding carboxylic acids is 1. The summed E-state index contributed by atoms with van der Waals surface area (Å²) >= 11 is 0. The lowest BCUT2D eigenvalue weighted by molar-refractivity contribution is -0.385. The molecule has 2 atom stereocenters. The number of aromatic nitrogens is 2. The summed E-state index contributed by atoms with van der Waals surface area (Å²) in [6.07, 6.45) is 2.93. The average Bonchev–Trinajstić information content (AvgIpc) is 2.65. The molecule has 0 radical (unpaired) electrons. The largest absolute Gasteiger partial charge is 0.332 e. The fourth-order valence-corrected chi connectivity index (χ4v) is 2.90. The molecule has 0 N–H and O–H groups in total. The smallest absolute Gasteiger partial charge is 0.322 e. The number of hydrogen-bond donors (Lipinski definition) is 0. The first kappa shape index (κ1) is 14.5. The van der Waals surface area contributed by atoms with Gasteiger partial charge in [-0.3, -0.25) is 19.6 Å². The molecule has 7 nitrogen and oxygen atoms in total. The van der Waals surface area contributed by atoms with Crippen molar-refractivity contribution in [1.82, 2.24) is 14.7 Å². The maximum Gasteiger partial charge on any atom is 0.322 e. The summed E-state index contributed by atoms with van der Waals surface area (Å²) in [5.74, 6) is -0.333. The normalized spacial score (nSPS) is 22.9. The number of piperidine rings is 1. The third-order valence-electron chi connectivity index (χ3n) is 4.12. The van der Waals surface area contributed by atoms with E-state index >= 15 is 0 Å². The highest BCUT2D eigenvalue weighted by Crippen LogP contribution is 2.28. The molecule has 1 aliphatic rings.